The largest absolute Gasteiger partial charge is 0.378 e. The van der Waals surface area contributed by atoms with Gasteiger partial charge >= 0.3 is 0 Å². The molecular weight excluding hydrogens is 238 g/mol. The Morgan fingerprint density at radius 3 is 2.11 bits per heavy atom. The van der Waals surface area contributed by atoms with Gasteiger partial charge in [-0.05, 0) is 49.6 Å². The van der Waals surface area contributed by atoms with Crippen molar-refractivity contribution in [3.05, 3.63) is 51.7 Å². The summed E-state index contributed by atoms with van der Waals surface area (Å²) in [5.74, 6) is 0.594. The van der Waals surface area contributed by atoms with Gasteiger partial charge < -0.3 is 5.32 Å². The van der Waals surface area contributed by atoms with Crippen LogP contribution in [0.25, 0.3) is 0 Å². The van der Waals surface area contributed by atoms with E-state index in [4.69, 9.17) is 0 Å². The lowest BCUT2D eigenvalue weighted by Crippen LogP contribution is -2.04. The predicted octanol–water partition coefficient (Wildman–Crippen LogP) is 5.35. The fourth-order valence-corrected chi connectivity index (χ4v) is 2.85. The minimum absolute atomic E-state index is 0.369. The maximum atomic E-state index is 3.55. The Labute approximate surface area is 114 Å². The first kappa shape index (κ1) is 13.2. The number of rotatable bonds is 4. The van der Waals surface area contributed by atoms with E-state index in [1.807, 2.05) is 11.3 Å². The molecule has 1 atom stereocenters. The summed E-state index contributed by atoms with van der Waals surface area (Å²) in [6.07, 6.45) is 0. The van der Waals surface area contributed by atoms with Gasteiger partial charge in [-0.3, -0.25) is 0 Å². The zero-order valence-corrected chi connectivity index (χ0v) is 12.3. The monoisotopic (exact) mass is 259 g/mol. The van der Waals surface area contributed by atoms with Gasteiger partial charge in [-0.15, -0.1) is 11.3 Å². The normalized spacial score (nSPS) is 12.7. The highest BCUT2D eigenvalue weighted by molar-refractivity contribution is 7.12. The van der Waals surface area contributed by atoms with Crippen molar-refractivity contribution in [2.24, 2.45) is 0 Å². The van der Waals surface area contributed by atoms with E-state index in [0.717, 1.165) is 0 Å². The van der Waals surface area contributed by atoms with Gasteiger partial charge in [0, 0.05) is 15.4 Å². The Morgan fingerprint density at radius 2 is 1.61 bits per heavy atom. The van der Waals surface area contributed by atoms with Crippen LogP contribution in [0.2, 0.25) is 0 Å². The molecule has 0 spiro atoms. The molecule has 2 aromatic rings. The molecule has 96 valence electrons. The maximum absolute atomic E-state index is 3.55. The number of thiophene rings is 1. The standard InChI is InChI=1S/C16H21NS/c1-11(2)14-6-8-15(9-7-14)17-13(4)16-10-5-12(3)18-16/h5-11,13,17H,1-4H3. The summed E-state index contributed by atoms with van der Waals surface area (Å²) in [7, 11) is 0. The Bertz CT molecular complexity index is 496. The van der Waals surface area contributed by atoms with Crippen molar-refractivity contribution < 1.29 is 0 Å². The highest BCUT2D eigenvalue weighted by Crippen LogP contribution is 2.26. The van der Waals surface area contributed by atoms with Crippen LogP contribution in [0, 0.1) is 6.92 Å². The third-order valence-corrected chi connectivity index (χ3v) is 4.33. The molecule has 1 heterocycles. The topological polar surface area (TPSA) is 12.0 Å². The fraction of sp³-hybridized carbons (Fsp3) is 0.375. The van der Waals surface area contributed by atoms with Crippen LogP contribution in [0.3, 0.4) is 0 Å². The molecule has 0 aliphatic rings. The summed E-state index contributed by atoms with van der Waals surface area (Å²) < 4.78 is 0. The molecule has 18 heavy (non-hydrogen) atoms. The Morgan fingerprint density at radius 1 is 0.944 bits per heavy atom. The third kappa shape index (κ3) is 3.14. The molecule has 0 aliphatic heterocycles. The summed E-state index contributed by atoms with van der Waals surface area (Å²) in [6.45, 7) is 8.80. The summed E-state index contributed by atoms with van der Waals surface area (Å²) >= 11 is 1.86. The molecular formula is C16H21NS. The molecule has 0 fully saturated rings. The van der Waals surface area contributed by atoms with Crippen LogP contribution in [0.4, 0.5) is 5.69 Å². The van der Waals surface area contributed by atoms with E-state index in [1.165, 1.54) is 21.0 Å². The van der Waals surface area contributed by atoms with E-state index in [2.05, 4.69) is 69.4 Å². The highest BCUT2D eigenvalue weighted by atomic mass is 32.1. The van der Waals surface area contributed by atoms with Gasteiger partial charge in [0.15, 0.2) is 0 Å². The number of benzene rings is 1. The molecule has 2 rings (SSSR count). The van der Waals surface area contributed by atoms with Crippen LogP contribution in [0.5, 0.6) is 0 Å². The van der Waals surface area contributed by atoms with Crippen molar-refractivity contribution >= 4 is 17.0 Å². The van der Waals surface area contributed by atoms with Gasteiger partial charge in [-0.25, -0.2) is 0 Å². The first-order chi connectivity index (χ1) is 8.56. The molecule has 0 radical (unpaired) electrons. The van der Waals surface area contributed by atoms with Crippen LogP contribution < -0.4 is 5.32 Å². The van der Waals surface area contributed by atoms with Gasteiger partial charge in [0.25, 0.3) is 0 Å². The first-order valence-electron chi connectivity index (χ1n) is 6.49. The molecule has 0 bridgehead atoms. The van der Waals surface area contributed by atoms with Gasteiger partial charge in [-0.2, -0.15) is 0 Å². The van der Waals surface area contributed by atoms with Gasteiger partial charge in [0.2, 0.25) is 0 Å². The Kier molecular flexibility index (Phi) is 4.07. The van der Waals surface area contributed by atoms with Gasteiger partial charge in [0.1, 0.15) is 0 Å². The number of nitrogens with one attached hydrogen (secondary N) is 1. The average molecular weight is 259 g/mol. The minimum atomic E-state index is 0.369. The molecule has 1 unspecified atom stereocenters. The van der Waals surface area contributed by atoms with E-state index in [9.17, 15) is 0 Å². The fourth-order valence-electron chi connectivity index (χ4n) is 1.97. The summed E-state index contributed by atoms with van der Waals surface area (Å²) in [5, 5.41) is 3.55. The first-order valence-corrected chi connectivity index (χ1v) is 7.30. The zero-order valence-electron chi connectivity index (χ0n) is 11.5. The smallest absolute Gasteiger partial charge is 0.0578 e. The highest BCUT2D eigenvalue weighted by Gasteiger charge is 2.07. The molecule has 1 nitrogen and oxygen atoms in total. The van der Waals surface area contributed by atoms with E-state index >= 15 is 0 Å². The second kappa shape index (κ2) is 5.57. The second-order valence-electron chi connectivity index (χ2n) is 5.09. The van der Waals surface area contributed by atoms with Crippen LogP contribution >= 0.6 is 11.3 Å². The molecule has 0 aliphatic carbocycles. The summed E-state index contributed by atoms with van der Waals surface area (Å²) in [6, 6.07) is 13.5. The molecule has 2 heteroatoms. The van der Waals surface area contributed by atoms with Crippen molar-refractivity contribution in [1.82, 2.24) is 0 Å². The molecule has 1 aromatic carbocycles. The van der Waals surface area contributed by atoms with E-state index < -0.39 is 0 Å². The maximum Gasteiger partial charge on any atom is 0.0578 e. The number of hydrogen-bond acceptors (Lipinski definition) is 2. The van der Waals surface area contributed by atoms with Crippen molar-refractivity contribution in [3.8, 4) is 0 Å². The average Bonchev–Trinajstić information content (AvgIpc) is 2.76. The van der Waals surface area contributed by atoms with Crippen molar-refractivity contribution in [2.45, 2.75) is 39.7 Å². The quantitative estimate of drug-likeness (QED) is 0.780. The minimum Gasteiger partial charge on any atom is -0.378 e. The van der Waals surface area contributed by atoms with Gasteiger partial charge in [-0.1, -0.05) is 26.0 Å². The van der Waals surface area contributed by atoms with Gasteiger partial charge in [0.05, 0.1) is 6.04 Å². The summed E-state index contributed by atoms with van der Waals surface area (Å²) in [4.78, 5) is 2.76. The van der Waals surface area contributed by atoms with Crippen LogP contribution in [-0.4, -0.2) is 0 Å². The Balaban J connectivity index is 2.05. The van der Waals surface area contributed by atoms with Crippen LogP contribution in [-0.2, 0) is 0 Å². The van der Waals surface area contributed by atoms with Crippen molar-refractivity contribution in [3.63, 3.8) is 0 Å². The van der Waals surface area contributed by atoms with Crippen LogP contribution in [0.1, 0.15) is 48.0 Å². The van der Waals surface area contributed by atoms with Crippen LogP contribution in [0.15, 0.2) is 36.4 Å². The summed E-state index contributed by atoms with van der Waals surface area (Å²) in [5.41, 5.74) is 2.58. The number of hydrogen-bond donors (Lipinski definition) is 1. The third-order valence-electron chi connectivity index (χ3n) is 3.15. The van der Waals surface area contributed by atoms with E-state index in [-0.39, 0.29) is 0 Å². The zero-order chi connectivity index (χ0) is 13.1. The molecule has 1 aromatic heterocycles. The van der Waals surface area contributed by atoms with E-state index in [1.54, 1.807) is 0 Å². The predicted molar refractivity (Wildman–Crippen MR) is 81.6 cm³/mol. The SMILES string of the molecule is Cc1ccc(C(C)Nc2ccc(C(C)C)cc2)s1. The van der Waals surface area contributed by atoms with Crippen molar-refractivity contribution in [1.29, 1.82) is 0 Å². The number of anilines is 1. The molecule has 0 saturated heterocycles. The lowest BCUT2D eigenvalue weighted by Gasteiger charge is -2.14. The molecule has 0 amide bonds. The van der Waals surface area contributed by atoms with E-state index in [0.29, 0.717) is 12.0 Å². The second-order valence-corrected chi connectivity index (χ2v) is 6.41. The molecule has 0 saturated carbocycles. The Hall–Kier alpha value is -1.28. The lowest BCUT2D eigenvalue weighted by atomic mass is 10.0. The number of aryl methyl sites for hydroxylation is 1. The lowest BCUT2D eigenvalue weighted by molar-refractivity contribution is 0.864. The van der Waals surface area contributed by atoms with Crippen molar-refractivity contribution in [2.75, 3.05) is 5.32 Å². The molecule has 1 N–H and O–H groups in total.